The van der Waals surface area contributed by atoms with Crippen LogP contribution in [0.25, 0.3) is 0 Å². The number of Topliss-reactive ketones (excluding diaryl/α,β-unsaturated/α-hetero) is 1. The number of guanidine groups is 4. The predicted octanol–water partition coefficient (Wildman–Crippen LogP) is -1.24. The number of nitrogens with one attached hydrogen (secondary N) is 6. The molecule has 4 rings (SSSR count). The van der Waals surface area contributed by atoms with E-state index in [0.29, 0.717) is 6.42 Å². The van der Waals surface area contributed by atoms with Gasteiger partial charge in [-0.2, -0.15) is 0 Å². The van der Waals surface area contributed by atoms with Gasteiger partial charge in [0, 0.05) is 48.8 Å². The number of hydrogen-bond acceptors (Lipinski definition) is 17. The summed E-state index contributed by atoms with van der Waals surface area (Å²) in [5.74, 6) is -6.31. The molecule has 26 N–H and O–H groups in total. The molecule has 4 aromatic carbocycles. The van der Waals surface area contributed by atoms with Crippen LogP contribution in [0.2, 0.25) is 0 Å². The summed E-state index contributed by atoms with van der Waals surface area (Å²) in [6.07, 6.45) is 1.25. The van der Waals surface area contributed by atoms with E-state index in [1.54, 1.807) is 0 Å². The predicted molar refractivity (Wildman–Crippen MR) is 332 cm³/mol. The maximum Gasteiger partial charge on any atom is 0.255 e. The third kappa shape index (κ3) is 21.9. The standard InChI is InChI=1S/C56H78N20O12/c1-85-41-17-13-29(25-33(41)46(58)78)45(77)38(10-6-22-68-54(61)62)74-47(79)34-27-31(15-19-42(34)86-2)72-51(83)40(12-8-24-70-56(65)66)76-49(81)36-28-32(16-20-44(36)88-4)73-52(84)39(11-7-23-69-55(63)64)75-48(80)35-26-30(14-18-43(35)87-3)71-50(82)37(57)9-5-21-67-53(59)60/h13-20,25-28,37-40H,5-12,21-24,57H2,1-4H3,(H2,58,78)(H,71,82)(H,72,83)(H,73,84)(H,74,79)(H,75,80)(H,76,81)(H4,59,60,67)(H4,61,62,68)(H4,63,64,69)(H4,65,66,70). The summed E-state index contributed by atoms with van der Waals surface area (Å²) in [7, 11) is 5.26. The molecule has 0 aliphatic heterocycles. The van der Waals surface area contributed by atoms with E-state index in [-0.39, 0.29) is 163 Å². The first-order valence-corrected chi connectivity index (χ1v) is 27.3. The summed E-state index contributed by atoms with van der Waals surface area (Å²) >= 11 is 0. The Hall–Kier alpha value is -10.9. The maximum absolute atomic E-state index is 14.4. The molecule has 0 saturated heterocycles. The molecular formula is C56H78N20O12. The molecule has 0 spiro atoms. The lowest BCUT2D eigenvalue weighted by Crippen LogP contribution is -2.44. The van der Waals surface area contributed by atoms with E-state index in [0.717, 1.165) is 0 Å². The van der Waals surface area contributed by atoms with Crippen LogP contribution in [0.15, 0.2) is 92.8 Å². The number of methoxy groups -OCH3 is 4. The second-order valence-electron chi connectivity index (χ2n) is 19.3. The van der Waals surface area contributed by atoms with Crippen LogP contribution >= 0.6 is 0 Å². The second-order valence-corrected chi connectivity index (χ2v) is 19.3. The number of ketones is 1. The van der Waals surface area contributed by atoms with Gasteiger partial charge in [0.25, 0.3) is 23.6 Å². The minimum atomic E-state index is -1.32. The first-order chi connectivity index (χ1) is 41.9. The number of hydrogen-bond donors (Lipinski definition) is 16. The first-order valence-electron chi connectivity index (χ1n) is 27.3. The molecule has 7 amide bonds. The van der Waals surface area contributed by atoms with Crippen LogP contribution in [0.4, 0.5) is 17.1 Å². The Bertz CT molecular complexity index is 3270. The molecule has 0 aliphatic rings. The lowest BCUT2D eigenvalue weighted by Gasteiger charge is -2.21. The number of carbonyl (C=O) groups excluding carboxylic acids is 8. The van der Waals surface area contributed by atoms with Gasteiger partial charge in [0.05, 0.1) is 62.8 Å². The highest BCUT2D eigenvalue weighted by atomic mass is 16.5. The van der Waals surface area contributed by atoms with Gasteiger partial charge in [-0.25, -0.2) is 0 Å². The molecule has 88 heavy (non-hydrogen) atoms. The Balaban J connectivity index is 1.61. The number of ether oxygens (including phenoxy) is 4. The van der Waals surface area contributed by atoms with Crippen molar-refractivity contribution in [2.75, 3.05) is 70.6 Å². The molecule has 4 atom stereocenters. The maximum atomic E-state index is 14.4. The fourth-order valence-corrected chi connectivity index (χ4v) is 8.51. The van der Waals surface area contributed by atoms with Crippen LogP contribution < -0.4 is 108 Å². The van der Waals surface area contributed by atoms with Crippen LogP contribution in [0, 0.1) is 0 Å². The van der Waals surface area contributed by atoms with Crippen molar-refractivity contribution in [2.45, 2.75) is 75.5 Å². The number of carbonyl (C=O) groups is 8. The number of rotatable bonds is 35. The number of anilines is 3. The summed E-state index contributed by atoms with van der Waals surface area (Å²) in [4.78, 5) is 126. The minimum Gasteiger partial charge on any atom is -0.496 e. The van der Waals surface area contributed by atoms with E-state index >= 15 is 0 Å². The van der Waals surface area contributed by atoms with Gasteiger partial charge in [-0.05, 0) is 124 Å². The average molecular weight is 1220 g/mol. The number of amides is 7. The third-order valence-electron chi connectivity index (χ3n) is 12.9. The van der Waals surface area contributed by atoms with Crippen molar-refractivity contribution in [2.24, 2.45) is 77.3 Å². The van der Waals surface area contributed by atoms with Gasteiger partial charge >= 0.3 is 0 Å². The Morgan fingerprint density at radius 3 is 1.05 bits per heavy atom. The SMILES string of the molecule is COc1ccc(C(=O)C(CCCN=C(N)N)NC(=O)c2cc(NC(=O)C(CCCN=C(N)N)NC(=O)c3cc(NC(=O)C(CCCN=C(N)N)NC(=O)c4cc(NC(=O)C(N)CCCN=C(N)N)ccc4OC)ccc3OC)ccc2OC)cc1C(N)=O. The minimum absolute atomic E-state index is 0.00469. The van der Waals surface area contributed by atoms with Crippen LogP contribution in [0.1, 0.15) is 103 Å². The van der Waals surface area contributed by atoms with Gasteiger partial charge in [-0.3, -0.25) is 58.3 Å². The molecule has 4 aromatic rings. The normalized spacial score (nSPS) is 11.9. The number of nitrogens with zero attached hydrogens (tertiary/aromatic N) is 4. The molecule has 0 heterocycles. The summed E-state index contributed by atoms with van der Waals surface area (Å²) in [6.45, 7) is 0.512. The second kappa shape index (κ2) is 34.8. The average Bonchev–Trinajstić information content (AvgIpc) is 1.63. The molecule has 0 saturated carbocycles. The Morgan fingerprint density at radius 2 is 0.705 bits per heavy atom. The van der Waals surface area contributed by atoms with E-state index in [1.165, 1.54) is 101 Å². The fraction of sp³-hybridized carbons (Fsp3) is 0.357. The molecular weight excluding hydrogens is 1140 g/mol. The van der Waals surface area contributed by atoms with Gasteiger partial charge in [0.2, 0.25) is 17.7 Å². The molecule has 0 aromatic heterocycles. The molecule has 4 unspecified atom stereocenters. The summed E-state index contributed by atoms with van der Waals surface area (Å²) in [5, 5.41) is 16.3. The van der Waals surface area contributed by atoms with Gasteiger partial charge in [-0.1, -0.05) is 0 Å². The monoisotopic (exact) mass is 1220 g/mol. The summed E-state index contributed by atoms with van der Waals surface area (Å²) < 4.78 is 21.7. The molecule has 0 radical (unpaired) electrons. The van der Waals surface area contributed by atoms with E-state index < -0.39 is 71.3 Å². The van der Waals surface area contributed by atoms with Crippen molar-refractivity contribution in [1.82, 2.24) is 16.0 Å². The van der Waals surface area contributed by atoms with Crippen LogP contribution in [-0.2, 0) is 14.4 Å². The molecule has 0 aliphatic carbocycles. The van der Waals surface area contributed by atoms with Crippen LogP contribution in [0.3, 0.4) is 0 Å². The number of aliphatic imine (C=N–C) groups is 4. The molecule has 32 nitrogen and oxygen atoms in total. The molecule has 474 valence electrons. The van der Waals surface area contributed by atoms with E-state index in [9.17, 15) is 38.4 Å². The van der Waals surface area contributed by atoms with E-state index in [1.807, 2.05) is 0 Å². The smallest absolute Gasteiger partial charge is 0.255 e. The van der Waals surface area contributed by atoms with E-state index in [2.05, 4.69) is 51.9 Å². The van der Waals surface area contributed by atoms with Gasteiger partial charge in [0.15, 0.2) is 29.6 Å². The van der Waals surface area contributed by atoms with Crippen molar-refractivity contribution in [3.8, 4) is 23.0 Å². The molecule has 0 fully saturated rings. The van der Waals surface area contributed by atoms with Gasteiger partial charge in [-0.15, -0.1) is 0 Å². The highest BCUT2D eigenvalue weighted by Crippen LogP contribution is 2.28. The number of primary amides is 1. The van der Waals surface area contributed by atoms with Crippen molar-refractivity contribution < 1.29 is 57.3 Å². The largest absolute Gasteiger partial charge is 0.496 e. The van der Waals surface area contributed by atoms with Crippen LogP contribution in [-0.4, -0.2) is 150 Å². The zero-order chi connectivity index (χ0) is 65.0. The summed E-state index contributed by atoms with van der Waals surface area (Å²) in [6, 6.07) is 11.8. The van der Waals surface area contributed by atoms with Crippen molar-refractivity contribution in [3.05, 3.63) is 101 Å². The van der Waals surface area contributed by atoms with Gasteiger partial charge < -0.3 is 108 Å². The third-order valence-corrected chi connectivity index (χ3v) is 12.9. The van der Waals surface area contributed by atoms with Crippen molar-refractivity contribution in [3.63, 3.8) is 0 Å². The Labute approximate surface area is 506 Å². The zero-order valence-corrected chi connectivity index (χ0v) is 49.2. The Morgan fingerprint density at radius 1 is 0.398 bits per heavy atom. The summed E-state index contributed by atoms with van der Waals surface area (Å²) in [5.41, 5.74) is 55.6. The number of nitrogens with two attached hydrogens (primary N) is 10. The quantitative estimate of drug-likeness (QED) is 0.0111. The number of benzene rings is 4. The van der Waals surface area contributed by atoms with Crippen molar-refractivity contribution >= 4 is 88.0 Å². The highest BCUT2D eigenvalue weighted by molar-refractivity contribution is 6.09. The fourth-order valence-electron chi connectivity index (χ4n) is 8.51. The highest BCUT2D eigenvalue weighted by Gasteiger charge is 2.29. The lowest BCUT2D eigenvalue weighted by atomic mass is 9.97. The van der Waals surface area contributed by atoms with Crippen molar-refractivity contribution in [1.29, 1.82) is 0 Å². The van der Waals surface area contributed by atoms with E-state index in [4.69, 9.17) is 76.3 Å². The zero-order valence-electron chi connectivity index (χ0n) is 49.2. The van der Waals surface area contributed by atoms with Crippen LogP contribution in [0.5, 0.6) is 23.0 Å². The van der Waals surface area contributed by atoms with Gasteiger partial charge in [0.1, 0.15) is 35.1 Å². The lowest BCUT2D eigenvalue weighted by molar-refractivity contribution is -0.118. The molecule has 0 bridgehead atoms. The topological polar surface area (TPSA) is 555 Å². The first kappa shape index (κ1) is 69.6. The molecule has 32 heteroatoms. The Kier molecular flexibility index (Phi) is 27.5.